The van der Waals surface area contributed by atoms with Crippen LogP contribution in [0.4, 0.5) is 17.1 Å². The molecule has 3 aromatic rings. The molecule has 3 amide bonds. The van der Waals surface area contributed by atoms with Gasteiger partial charge in [-0.2, -0.15) is 0 Å². The molecular formula is C26H27N3O3S. The molecule has 1 aliphatic heterocycles. The van der Waals surface area contributed by atoms with Crippen molar-refractivity contribution < 1.29 is 14.4 Å². The van der Waals surface area contributed by atoms with E-state index in [4.69, 9.17) is 0 Å². The highest BCUT2D eigenvalue weighted by Crippen LogP contribution is 2.42. The summed E-state index contributed by atoms with van der Waals surface area (Å²) in [6, 6.07) is 16.8. The molecule has 2 N–H and O–H groups in total. The molecule has 0 bridgehead atoms. The lowest BCUT2D eigenvalue weighted by Gasteiger charge is -2.40. The molecule has 0 aliphatic carbocycles. The first-order chi connectivity index (χ1) is 15.8. The average molecular weight is 462 g/mol. The van der Waals surface area contributed by atoms with E-state index >= 15 is 0 Å². The third kappa shape index (κ3) is 4.98. The molecule has 7 heteroatoms. The van der Waals surface area contributed by atoms with Crippen LogP contribution in [0, 0.1) is 19.8 Å². The fourth-order valence-electron chi connectivity index (χ4n) is 4.27. The van der Waals surface area contributed by atoms with Gasteiger partial charge in [-0.15, -0.1) is 11.3 Å². The van der Waals surface area contributed by atoms with Crippen molar-refractivity contribution in [2.45, 2.75) is 39.7 Å². The van der Waals surface area contributed by atoms with Gasteiger partial charge in [-0.25, -0.2) is 0 Å². The molecule has 4 rings (SSSR count). The molecule has 1 fully saturated rings. The first kappa shape index (κ1) is 22.7. The van der Waals surface area contributed by atoms with Gasteiger partial charge in [-0.1, -0.05) is 23.8 Å². The van der Waals surface area contributed by atoms with Crippen molar-refractivity contribution >= 4 is 46.1 Å². The van der Waals surface area contributed by atoms with Crippen molar-refractivity contribution in [2.75, 3.05) is 15.5 Å². The largest absolute Gasteiger partial charge is 0.326 e. The first-order valence-electron chi connectivity index (χ1n) is 10.9. The first-order valence-corrected chi connectivity index (χ1v) is 11.8. The Kier molecular flexibility index (Phi) is 6.60. The number of nitrogens with one attached hydrogen (secondary N) is 2. The molecule has 2 unspecified atom stereocenters. The number of anilines is 3. The van der Waals surface area contributed by atoms with Crippen molar-refractivity contribution in [3.63, 3.8) is 0 Å². The van der Waals surface area contributed by atoms with Gasteiger partial charge in [0.15, 0.2) is 0 Å². The van der Waals surface area contributed by atoms with E-state index in [1.54, 1.807) is 28.4 Å². The van der Waals surface area contributed by atoms with Gasteiger partial charge in [-0.3, -0.25) is 14.4 Å². The van der Waals surface area contributed by atoms with Gasteiger partial charge in [0, 0.05) is 35.3 Å². The van der Waals surface area contributed by atoms with Gasteiger partial charge in [0.05, 0.1) is 12.0 Å². The summed E-state index contributed by atoms with van der Waals surface area (Å²) in [6.07, 6.45) is 0.798. The maximum atomic E-state index is 13.5. The van der Waals surface area contributed by atoms with Crippen molar-refractivity contribution in [2.24, 2.45) is 5.92 Å². The average Bonchev–Trinajstić information content (AvgIpc) is 3.30. The van der Waals surface area contributed by atoms with Gasteiger partial charge < -0.3 is 15.5 Å². The molecule has 33 heavy (non-hydrogen) atoms. The number of benzene rings is 2. The molecule has 0 spiro atoms. The summed E-state index contributed by atoms with van der Waals surface area (Å²) in [7, 11) is 0. The van der Waals surface area contributed by atoms with Gasteiger partial charge >= 0.3 is 0 Å². The van der Waals surface area contributed by atoms with Gasteiger partial charge in [0.2, 0.25) is 17.7 Å². The van der Waals surface area contributed by atoms with Gasteiger partial charge in [0.25, 0.3) is 0 Å². The maximum Gasteiger partial charge on any atom is 0.229 e. The molecule has 6 nitrogen and oxygen atoms in total. The Labute approximate surface area is 197 Å². The number of hydrogen-bond donors (Lipinski definition) is 2. The predicted octanol–water partition coefficient (Wildman–Crippen LogP) is 5.45. The van der Waals surface area contributed by atoms with Crippen molar-refractivity contribution in [3.8, 4) is 0 Å². The Morgan fingerprint density at radius 2 is 1.79 bits per heavy atom. The second-order valence-electron chi connectivity index (χ2n) is 8.40. The molecule has 0 radical (unpaired) electrons. The lowest BCUT2D eigenvalue weighted by molar-refractivity contribution is -0.126. The number of aryl methyl sites for hydroxylation is 2. The zero-order chi connectivity index (χ0) is 23.5. The van der Waals surface area contributed by atoms with E-state index < -0.39 is 5.92 Å². The van der Waals surface area contributed by atoms with Crippen LogP contribution in [0.3, 0.4) is 0 Å². The van der Waals surface area contributed by atoms with Crippen LogP contribution in [0.1, 0.15) is 41.8 Å². The quantitative estimate of drug-likeness (QED) is 0.531. The Morgan fingerprint density at radius 1 is 1.03 bits per heavy atom. The molecule has 0 saturated carbocycles. The number of hydrogen-bond acceptors (Lipinski definition) is 4. The predicted molar refractivity (Wildman–Crippen MR) is 133 cm³/mol. The number of piperidine rings is 1. The van der Waals surface area contributed by atoms with E-state index in [1.807, 2.05) is 61.7 Å². The minimum Gasteiger partial charge on any atom is -0.326 e. The number of rotatable bonds is 5. The van der Waals surface area contributed by atoms with Crippen LogP contribution in [-0.4, -0.2) is 17.7 Å². The Hall–Kier alpha value is -3.45. The van der Waals surface area contributed by atoms with E-state index in [2.05, 4.69) is 10.6 Å². The molecule has 2 heterocycles. The highest BCUT2D eigenvalue weighted by atomic mass is 32.1. The van der Waals surface area contributed by atoms with E-state index in [-0.39, 0.29) is 23.8 Å². The molecular weight excluding hydrogens is 434 g/mol. The van der Waals surface area contributed by atoms with E-state index in [1.165, 1.54) is 6.92 Å². The van der Waals surface area contributed by atoms with Crippen LogP contribution in [0.5, 0.6) is 0 Å². The summed E-state index contributed by atoms with van der Waals surface area (Å²) in [6.45, 7) is 5.35. The summed E-state index contributed by atoms with van der Waals surface area (Å²) in [4.78, 5) is 40.6. The smallest absolute Gasteiger partial charge is 0.229 e. The standard InChI is InChI=1S/C26H27N3O3S/c1-16-6-9-20(10-7-16)29-24(31)13-11-21(25(29)23-5-4-14-33-23)26(32)28-19-8-12-22(17(2)15-19)27-18(3)30/h4-10,12,14-15,21,25H,11,13H2,1-3H3,(H,27,30)(H,28,32). The molecule has 170 valence electrons. The Balaban J connectivity index is 1.63. The van der Waals surface area contributed by atoms with Crippen molar-refractivity contribution in [3.05, 3.63) is 76.0 Å². The van der Waals surface area contributed by atoms with E-state index in [0.717, 1.165) is 21.7 Å². The lowest BCUT2D eigenvalue weighted by atomic mass is 9.86. The zero-order valence-corrected chi connectivity index (χ0v) is 19.7. The van der Waals surface area contributed by atoms with Crippen LogP contribution >= 0.6 is 11.3 Å². The number of carbonyl (C=O) groups is 3. The third-order valence-electron chi connectivity index (χ3n) is 5.89. The van der Waals surface area contributed by atoms with Gasteiger partial charge in [0.1, 0.15) is 0 Å². The van der Waals surface area contributed by atoms with Crippen LogP contribution in [0.25, 0.3) is 0 Å². The Bertz CT molecular complexity index is 1170. The van der Waals surface area contributed by atoms with Gasteiger partial charge in [-0.05, 0) is 67.6 Å². The van der Waals surface area contributed by atoms with Crippen LogP contribution in [0.2, 0.25) is 0 Å². The summed E-state index contributed by atoms with van der Waals surface area (Å²) < 4.78 is 0. The number of thiophene rings is 1. The fourth-order valence-corrected chi connectivity index (χ4v) is 5.15. The maximum absolute atomic E-state index is 13.5. The normalized spacial score (nSPS) is 18.2. The molecule has 2 atom stereocenters. The highest BCUT2D eigenvalue weighted by Gasteiger charge is 2.42. The second kappa shape index (κ2) is 9.58. The SMILES string of the molecule is CC(=O)Nc1ccc(NC(=O)C2CCC(=O)N(c3ccc(C)cc3)C2c2cccs2)cc1C. The monoisotopic (exact) mass is 461 g/mol. The van der Waals surface area contributed by atoms with Crippen LogP contribution < -0.4 is 15.5 Å². The van der Waals surface area contributed by atoms with Crippen molar-refractivity contribution in [1.29, 1.82) is 0 Å². The minimum absolute atomic E-state index is 0.0248. The number of carbonyl (C=O) groups excluding carboxylic acids is 3. The summed E-state index contributed by atoms with van der Waals surface area (Å²) in [5.41, 5.74) is 4.15. The number of nitrogens with zero attached hydrogens (tertiary/aromatic N) is 1. The molecule has 1 saturated heterocycles. The Morgan fingerprint density at radius 3 is 2.42 bits per heavy atom. The van der Waals surface area contributed by atoms with Crippen LogP contribution in [-0.2, 0) is 14.4 Å². The highest BCUT2D eigenvalue weighted by molar-refractivity contribution is 7.10. The minimum atomic E-state index is -0.391. The summed E-state index contributed by atoms with van der Waals surface area (Å²) in [5.74, 6) is -0.628. The molecule has 1 aliphatic rings. The molecule has 2 aromatic carbocycles. The topological polar surface area (TPSA) is 78.5 Å². The fraction of sp³-hybridized carbons (Fsp3) is 0.269. The number of amides is 3. The summed E-state index contributed by atoms with van der Waals surface area (Å²) in [5, 5.41) is 7.79. The summed E-state index contributed by atoms with van der Waals surface area (Å²) >= 11 is 1.56. The van der Waals surface area contributed by atoms with E-state index in [9.17, 15) is 14.4 Å². The third-order valence-corrected chi connectivity index (χ3v) is 6.83. The van der Waals surface area contributed by atoms with Crippen molar-refractivity contribution in [1.82, 2.24) is 0 Å². The zero-order valence-electron chi connectivity index (χ0n) is 18.9. The second-order valence-corrected chi connectivity index (χ2v) is 9.38. The molecule has 1 aromatic heterocycles. The van der Waals surface area contributed by atoms with Crippen LogP contribution in [0.15, 0.2) is 60.0 Å². The van der Waals surface area contributed by atoms with E-state index in [0.29, 0.717) is 24.2 Å². The lowest BCUT2D eigenvalue weighted by Crippen LogP contribution is -2.46.